The van der Waals surface area contributed by atoms with Crippen LogP contribution in [0.15, 0.2) is 53.3 Å². The first-order valence-corrected chi connectivity index (χ1v) is 6.62. The van der Waals surface area contributed by atoms with Crippen molar-refractivity contribution in [1.82, 2.24) is 14.8 Å². The lowest BCUT2D eigenvalue weighted by Crippen LogP contribution is -2.00. The van der Waals surface area contributed by atoms with Gasteiger partial charge in [-0.25, -0.2) is 9.67 Å². The molecule has 5 heteroatoms. The Balaban J connectivity index is 1.81. The summed E-state index contributed by atoms with van der Waals surface area (Å²) in [5.74, 6) is 1.46. The van der Waals surface area contributed by atoms with E-state index in [0.717, 1.165) is 35.7 Å². The second kappa shape index (κ2) is 5.71. The van der Waals surface area contributed by atoms with Gasteiger partial charge < -0.3 is 10.2 Å². The van der Waals surface area contributed by atoms with Crippen LogP contribution >= 0.6 is 0 Å². The number of nitrogens with two attached hydrogens (primary N) is 1. The molecule has 3 rings (SSSR count). The van der Waals surface area contributed by atoms with E-state index in [-0.39, 0.29) is 0 Å². The Labute approximate surface area is 117 Å². The topological polar surface area (TPSA) is 69.9 Å². The van der Waals surface area contributed by atoms with Gasteiger partial charge in [-0.3, -0.25) is 0 Å². The molecule has 0 bridgehead atoms. The van der Waals surface area contributed by atoms with Gasteiger partial charge in [-0.15, -0.1) is 0 Å². The molecule has 0 saturated carbocycles. The molecule has 0 amide bonds. The van der Waals surface area contributed by atoms with Crippen LogP contribution in [0.3, 0.4) is 0 Å². The molecule has 1 aromatic carbocycles. The van der Waals surface area contributed by atoms with Gasteiger partial charge in [0.1, 0.15) is 0 Å². The van der Waals surface area contributed by atoms with Crippen molar-refractivity contribution >= 4 is 0 Å². The largest absolute Gasteiger partial charge is 0.441 e. The summed E-state index contributed by atoms with van der Waals surface area (Å²) in [6, 6.07) is 9.95. The predicted octanol–water partition coefficient (Wildman–Crippen LogP) is 2.42. The highest BCUT2D eigenvalue weighted by Crippen LogP contribution is 2.21. The van der Waals surface area contributed by atoms with E-state index >= 15 is 0 Å². The van der Waals surface area contributed by atoms with E-state index in [0.29, 0.717) is 6.54 Å². The summed E-state index contributed by atoms with van der Waals surface area (Å²) in [5.41, 5.74) is 7.41. The summed E-state index contributed by atoms with van der Waals surface area (Å²) in [6.07, 6.45) is 7.09. The number of nitrogens with zero attached hydrogens (tertiary/aromatic N) is 3. The average Bonchev–Trinajstić information content (AvgIpc) is 3.15. The molecular formula is C15H16N4O. The lowest BCUT2D eigenvalue weighted by molar-refractivity contribution is 0.499. The zero-order chi connectivity index (χ0) is 13.8. The van der Waals surface area contributed by atoms with Gasteiger partial charge in [0.2, 0.25) is 0 Å². The molecule has 3 aromatic rings. The van der Waals surface area contributed by atoms with Crippen LogP contribution in [0.4, 0.5) is 0 Å². The third-order valence-electron chi connectivity index (χ3n) is 3.04. The first-order valence-electron chi connectivity index (χ1n) is 6.62. The van der Waals surface area contributed by atoms with Gasteiger partial charge in [0, 0.05) is 12.6 Å². The number of oxazole rings is 1. The first kappa shape index (κ1) is 12.6. The summed E-state index contributed by atoms with van der Waals surface area (Å²) in [6.45, 7) is 0.643. The van der Waals surface area contributed by atoms with Crippen LogP contribution in [0.25, 0.3) is 17.0 Å². The maximum atomic E-state index is 5.70. The van der Waals surface area contributed by atoms with Crippen LogP contribution in [-0.2, 0) is 6.42 Å². The standard InChI is InChI=1S/C15H16N4O/c16-8-4-7-15-17-10-14(20-15)12-9-18-19(11-12)13-5-2-1-3-6-13/h1-3,5-6,9-11H,4,7-8,16H2. The van der Waals surface area contributed by atoms with Crippen LogP contribution in [0.2, 0.25) is 0 Å². The Morgan fingerprint density at radius 3 is 2.80 bits per heavy atom. The molecule has 2 N–H and O–H groups in total. The molecule has 0 radical (unpaired) electrons. The second-order valence-electron chi connectivity index (χ2n) is 4.52. The fraction of sp³-hybridized carbons (Fsp3) is 0.200. The van der Waals surface area contributed by atoms with Gasteiger partial charge in [-0.2, -0.15) is 5.10 Å². The predicted molar refractivity (Wildman–Crippen MR) is 76.4 cm³/mol. The molecule has 0 unspecified atom stereocenters. The molecule has 0 aliphatic heterocycles. The third-order valence-corrected chi connectivity index (χ3v) is 3.04. The van der Waals surface area contributed by atoms with Crippen LogP contribution in [0, 0.1) is 0 Å². The Hall–Kier alpha value is -2.40. The maximum absolute atomic E-state index is 5.70. The van der Waals surface area contributed by atoms with Crippen LogP contribution in [0.5, 0.6) is 0 Å². The molecule has 0 aliphatic rings. The SMILES string of the molecule is NCCCc1ncc(-c2cnn(-c3ccccc3)c2)o1. The summed E-state index contributed by atoms with van der Waals surface area (Å²) in [5, 5.41) is 4.34. The van der Waals surface area contributed by atoms with E-state index in [1.165, 1.54) is 0 Å². The molecule has 2 heterocycles. The van der Waals surface area contributed by atoms with Crippen LogP contribution in [-0.4, -0.2) is 21.3 Å². The Kier molecular flexibility index (Phi) is 3.60. The van der Waals surface area contributed by atoms with Crippen LogP contribution < -0.4 is 5.73 Å². The minimum Gasteiger partial charge on any atom is -0.441 e. The van der Waals surface area contributed by atoms with Gasteiger partial charge in [0.25, 0.3) is 0 Å². The molecule has 0 spiro atoms. The maximum Gasteiger partial charge on any atom is 0.194 e. The summed E-state index contributed by atoms with van der Waals surface area (Å²) >= 11 is 0. The Bertz CT molecular complexity index is 672. The van der Waals surface area contributed by atoms with Crippen molar-refractivity contribution in [1.29, 1.82) is 0 Å². The lowest BCUT2D eigenvalue weighted by Gasteiger charge is -1.98. The van der Waals surface area contributed by atoms with Gasteiger partial charge in [-0.1, -0.05) is 18.2 Å². The number of aromatic nitrogens is 3. The minimum absolute atomic E-state index is 0.643. The number of rotatable bonds is 5. The molecule has 2 aromatic heterocycles. The number of benzene rings is 1. The highest BCUT2D eigenvalue weighted by atomic mass is 16.4. The monoisotopic (exact) mass is 268 g/mol. The minimum atomic E-state index is 0.643. The molecule has 0 aliphatic carbocycles. The van der Waals surface area contributed by atoms with Crippen molar-refractivity contribution in [2.75, 3.05) is 6.54 Å². The fourth-order valence-electron chi connectivity index (χ4n) is 1.98. The van der Waals surface area contributed by atoms with Crippen molar-refractivity contribution < 1.29 is 4.42 Å². The Morgan fingerprint density at radius 1 is 1.15 bits per heavy atom. The smallest absolute Gasteiger partial charge is 0.194 e. The van der Waals surface area contributed by atoms with Crippen LogP contribution in [0.1, 0.15) is 12.3 Å². The summed E-state index contributed by atoms with van der Waals surface area (Å²) in [7, 11) is 0. The molecule has 5 nitrogen and oxygen atoms in total. The molecule has 0 saturated heterocycles. The Morgan fingerprint density at radius 2 is 2.00 bits per heavy atom. The molecule has 102 valence electrons. The summed E-state index contributed by atoms with van der Waals surface area (Å²) in [4.78, 5) is 4.25. The molecular weight excluding hydrogens is 252 g/mol. The van der Waals surface area contributed by atoms with Crippen molar-refractivity contribution in [3.05, 3.63) is 54.8 Å². The van der Waals surface area contributed by atoms with Gasteiger partial charge in [0.05, 0.1) is 23.6 Å². The second-order valence-corrected chi connectivity index (χ2v) is 4.52. The first-order chi connectivity index (χ1) is 9.86. The van der Waals surface area contributed by atoms with E-state index in [4.69, 9.17) is 10.2 Å². The molecule has 20 heavy (non-hydrogen) atoms. The fourth-order valence-corrected chi connectivity index (χ4v) is 1.98. The van der Waals surface area contributed by atoms with E-state index in [9.17, 15) is 0 Å². The number of hydrogen-bond donors (Lipinski definition) is 1. The summed E-state index contributed by atoms with van der Waals surface area (Å²) < 4.78 is 7.52. The molecule has 0 fully saturated rings. The lowest BCUT2D eigenvalue weighted by atomic mass is 10.3. The number of para-hydroxylation sites is 1. The van der Waals surface area contributed by atoms with Crippen molar-refractivity contribution in [3.8, 4) is 17.0 Å². The number of aryl methyl sites for hydroxylation is 1. The highest BCUT2D eigenvalue weighted by molar-refractivity contribution is 5.54. The zero-order valence-electron chi connectivity index (χ0n) is 11.1. The highest BCUT2D eigenvalue weighted by Gasteiger charge is 2.09. The van der Waals surface area contributed by atoms with Gasteiger partial charge in [0.15, 0.2) is 11.7 Å². The van der Waals surface area contributed by atoms with Crippen molar-refractivity contribution in [2.45, 2.75) is 12.8 Å². The van der Waals surface area contributed by atoms with E-state index in [1.807, 2.05) is 41.2 Å². The van der Waals surface area contributed by atoms with E-state index in [1.54, 1.807) is 12.4 Å². The molecule has 0 atom stereocenters. The third kappa shape index (κ3) is 2.62. The average molecular weight is 268 g/mol. The van der Waals surface area contributed by atoms with Gasteiger partial charge >= 0.3 is 0 Å². The normalized spacial score (nSPS) is 10.8. The van der Waals surface area contributed by atoms with Gasteiger partial charge in [-0.05, 0) is 25.1 Å². The zero-order valence-corrected chi connectivity index (χ0v) is 11.1. The van der Waals surface area contributed by atoms with Crippen molar-refractivity contribution in [3.63, 3.8) is 0 Å². The van der Waals surface area contributed by atoms with Crippen molar-refractivity contribution in [2.24, 2.45) is 5.73 Å². The van der Waals surface area contributed by atoms with E-state index in [2.05, 4.69) is 10.1 Å². The van der Waals surface area contributed by atoms with E-state index < -0.39 is 0 Å². The number of hydrogen-bond acceptors (Lipinski definition) is 4. The quantitative estimate of drug-likeness (QED) is 0.771.